The van der Waals surface area contributed by atoms with Crippen LogP contribution in [0.5, 0.6) is 0 Å². The molecule has 0 spiro atoms. The van der Waals surface area contributed by atoms with Crippen LogP contribution in [0.3, 0.4) is 0 Å². The summed E-state index contributed by atoms with van der Waals surface area (Å²) in [4.78, 5) is 21.2. The average Bonchev–Trinajstić information content (AvgIpc) is 3.34. The first-order valence-corrected chi connectivity index (χ1v) is 10.3. The van der Waals surface area contributed by atoms with E-state index in [4.69, 9.17) is 5.73 Å². The van der Waals surface area contributed by atoms with E-state index < -0.39 is 0 Å². The van der Waals surface area contributed by atoms with Crippen molar-refractivity contribution in [1.29, 1.82) is 0 Å². The Morgan fingerprint density at radius 2 is 1.90 bits per heavy atom. The van der Waals surface area contributed by atoms with Crippen LogP contribution in [-0.4, -0.2) is 32.0 Å². The van der Waals surface area contributed by atoms with Gasteiger partial charge in [0.15, 0.2) is 0 Å². The van der Waals surface area contributed by atoms with Crippen LogP contribution in [0.25, 0.3) is 5.78 Å². The number of nitrogen functional groups attached to an aromatic ring is 1. The maximum atomic E-state index is 12.7. The quantitative estimate of drug-likeness (QED) is 0.672. The summed E-state index contributed by atoms with van der Waals surface area (Å²) in [6.45, 7) is 4.60. The largest absolute Gasteiger partial charge is 0.366 e. The van der Waals surface area contributed by atoms with Gasteiger partial charge in [-0.05, 0) is 44.2 Å². The molecule has 1 amide bonds. The number of carbonyl (C=O) groups is 1. The molecule has 29 heavy (non-hydrogen) atoms. The molecule has 7 heteroatoms. The fourth-order valence-electron chi connectivity index (χ4n) is 4.59. The van der Waals surface area contributed by atoms with Gasteiger partial charge in [0.05, 0.1) is 0 Å². The van der Waals surface area contributed by atoms with Gasteiger partial charge in [0, 0.05) is 29.8 Å². The molecule has 4 rings (SSSR count). The Morgan fingerprint density at radius 1 is 1.17 bits per heavy atom. The second-order valence-electron chi connectivity index (χ2n) is 8.07. The summed E-state index contributed by atoms with van der Waals surface area (Å²) >= 11 is 0. The van der Waals surface area contributed by atoms with Gasteiger partial charge in [0.1, 0.15) is 0 Å². The highest BCUT2D eigenvalue weighted by Gasteiger charge is 2.35. The minimum atomic E-state index is 0.0709. The number of carbonyl (C=O) groups excluding carboxylic acids is 1. The molecule has 2 heterocycles. The van der Waals surface area contributed by atoms with Crippen LogP contribution in [0.4, 0.5) is 5.95 Å². The number of hydrogen-bond acceptors (Lipinski definition) is 5. The molecule has 0 radical (unpaired) electrons. The lowest BCUT2D eigenvalue weighted by molar-refractivity contribution is -0.121. The lowest BCUT2D eigenvalue weighted by atomic mass is 9.79. The normalized spacial score (nSPS) is 15.7. The zero-order chi connectivity index (χ0) is 20.4. The summed E-state index contributed by atoms with van der Waals surface area (Å²) in [6.07, 6.45) is 5.73. The van der Waals surface area contributed by atoms with E-state index in [1.807, 2.05) is 19.9 Å². The van der Waals surface area contributed by atoms with Crippen molar-refractivity contribution in [2.24, 2.45) is 0 Å². The number of aromatic nitrogens is 4. The van der Waals surface area contributed by atoms with E-state index >= 15 is 0 Å². The van der Waals surface area contributed by atoms with Crippen molar-refractivity contribution >= 4 is 17.6 Å². The van der Waals surface area contributed by atoms with E-state index in [9.17, 15) is 4.79 Å². The maximum Gasteiger partial charge on any atom is 0.254 e. The smallest absolute Gasteiger partial charge is 0.254 e. The summed E-state index contributed by atoms with van der Waals surface area (Å²) < 4.78 is 1.65. The summed E-state index contributed by atoms with van der Waals surface area (Å²) in [5.41, 5.74) is 9.92. The van der Waals surface area contributed by atoms with E-state index in [1.54, 1.807) is 4.52 Å². The number of aryl methyl sites for hydroxylation is 2. The van der Waals surface area contributed by atoms with Crippen molar-refractivity contribution < 1.29 is 4.79 Å². The number of benzene rings is 1. The highest BCUT2D eigenvalue weighted by molar-refractivity contribution is 5.76. The van der Waals surface area contributed by atoms with Crippen molar-refractivity contribution in [2.45, 2.75) is 57.8 Å². The van der Waals surface area contributed by atoms with Gasteiger partial charge in [-0.2, -0.15) is 9.50 Å². The molecule has 7 nitrogen and oxygen atoms in total. The van der Waals surface area contributed by atoms with Crippen LogP contribution in [0.2, 0.25) is 0 Å². The Labute approximate surface area is 170 Å². The Kier molecular flexibility index (Phi) is 5.22. The number of amides is 1. The van der Waals surface area contributed by atoms with Crippen LogP contribution in [-0.2, 0) is 16.6 Å². The number of nitrogens with zero attached hydrogens (tertiary/aromatic N) is 4. The third-order valence-electron chi connectivity index (χ3n) is 6.24. The molecular weight excluding hydrogens is 364 g/mol. The second kappa shape index (κ2) is 7.81. The Hall–Kier alpha value is -2.96. The van der Waals surface area contributed by atoms with Gasteiger partial charge in [0.25, 0.3) is 5.78 Å². The number of nitrogens with two attached hydrogens (primary N) is 1. The molecule has 3 N–H and O–H groups in total. The van der Waals surface area contributed by atoms with Gasteiger partial charge < -0.3 is 11.1 Å². The van der Waals surface area contributed by atoms with E-state index in [-0.39, 0.29) is 17.3 Å². The summed E-state index contributed by atoms with van der Waals surface area (Å²) in [7, 11) is 0. The third-order valence-corrected chi connectivity index (χ3v) is 6.24. The van der Waals surface area contributed by atoms with Crippen LogP contribution >= 0.6 is 0 Å². The van der Waals surface area contributed by atoms with Gasteiger partial charge in [0.2, 0.25) is 11.9 Å². The van der Waals surface area contributed by atoms with Gasteiger partial charge in [-0.25, -0.2) is 4.98 Å². The van der Waals surface area contributed by atoms with Crippen molar-refractivity contribution in [3.8, 4) is 0 Å². The van der Waals surface area contributed by atoms with Crippen molar-refractivity contribution in [3.63, 3.8) is 0 Å². The molecule has 0 aliphatic heterocycles. The minimum absolute atomic E-state index is 0.0709. The fraction of sp³-hybridized carbons (Fsp3) is 0.455. The second-order valence-corrected chi connectivity index (χ2v) is 8.07. The van der Waals surface area contributed by atoms with Gasteiger partial charge >= 0.3 is 0 Å². The molecule has 1 saturated carbocycles. The molecule has 1 aliphatic carbocycles. The molecule has 3 aromatic rings. The molecule has 2 aromatic heterocycles. The van der Waals surface area contributed by atoms with E-state index in [1.165, 1.54) is 18.4 Å². The number of rotatable bonds is 6. The summed E-state index contributed by atoms with van der Waals surface area (Å²) in [6, 6.07) is 10.6. The molecule has 1 fully saturated rings. The zero-order valence-electron chi connectivity index (χ0n) is 17.1. The van der Waals surface area contributed by atoms with Crippen molar-refractivity contribution in [2.75, 3.05) is 12.3 Å². The fourth-order valence-corrected chi connectivity index (χ4v) is 4.59. The van der Waals surface area contributed by atoms with Crippen LogP contribution in [0, 0.1) is 13.8 Å². The molecule has 0 unspecified atom stereocenters. The number of anilines is 1. The van der Waals surface area contributed by atoms with Gasteiger partial charge in [-0.3, -0.25) is 4.79 Å². The van der Waals surface area contributed by atoms with E-state index in [0.29, 0.717) is 25.2 Å². The number of fused-ring (bicyclic) bond motifs is 1. The van der Waals surface area contributed by atoms with Gasteiger partial charge in [-0.1, -0.05) is 43.2 Å². The third kappa shape index (κ3) is 3.81. The van der Waals surface area contributed by atoms with Crippen LogP contribution in [0.1, 0.15) is 54.6 Å². The Bertz CT molecular complexity index is 1020. The van der Waals surface area contributed by atoms with Crippen LogP contribution < -0.4 is 11.1 Å². The molecule has 1 aromatic carbocycles. The maximum absolute atomic E-state index is 12.7. The number of hydrogen-bond donors (Lipinski definition) is 2. The first-order chi connectivity index (χ1) is 14.0. The topological polar surface area (TPSA) is 98.2 Å². The standard InChI is InChI=1S/C22H28N6O/c1-15-18(16(2)28-21(25-15)26-20(23)27-28)10-11-19(29)24-14-22(12-6-7-13-22)17-8-4-3-5-9-17/h3-5,8-9H,6-7,10-14H2,1-2H3,(H2,23,27)(H,24,29). The molecule has 0 saturated heterocycles. The highest BCUT2D eigenvalue weighted by atomic mass is 16.1. The predicted octanol–water partition coefficient (Wildman–Crippen LogP) is 2.88. The predicted molar refractivity (Wildman–Crippen MR) is 113 cm³/mol. The first kappa shape index (κ1) is 19.4. The lowest BCUT2D eigenvalue weighted by Gasteiger charge is -2.30. The molecule has 0 atom stereocenters. The summed E-state index contributed by atoms with van der Waals surface area (Å²) in [5.74, 6) is 0.776. The van der Waals surface area contributed by atoms with Crippen molar-refractivity contribution in [1.82, 2.24) is 24.9 Å². The highest BCUT2D eigenvalue weighted by Crippen LogP contribution is 2.40. The number of nitrogens with one attached hydrogen (secondary N) is 1. The monoisotopic (exact) mass is 392 g/mol. The van der Waals surface area contributed by atoms with Crippen LogP contribution in [0.15, 0.2) is 30.3 Å². The Balaban J connectivity index is 1.42. The zero-order valence-corrected chi connectivity index (χ0v) is 17.1. The molecule has 152 valence electrons. The van der Waals surface area contributed by atoms with Gasteiger partial charge in [-0.15, -0.1) is 5.10 Å². The summed E-state index contributed by atoms with van der Waals surface area (Å²) in [5, 5.41) is 7.39. The minimum Gasteiger partial charge on any atom is -0.366 e. The van der Waals surface area contributed by atoms with Crippen molar-refractivity contribution in [3.05, 3.63) is 52.8 Å². The SMILES string of the molecule is Cc1nc2nc(N)nn2c(C)c1CCC(=O)NCC1(c2ccccc2)CCCC1. The molecule has 0 bridgehead atoms. The van der Waals surface area contributed by atoms with E-state index in [0.717, 1.165) is 29.8 Å². The first-order valence-electron chi connectivity index (χ1n) is 10.3. The molecule has 1 aliphatic rings. The van der Waals surface area contributed by atoms with E-state index in [2.05, 4.69) is 44.6 Å². The molecular formula is C22H28N6O. The lowest BCUT2D eigenvalue weighted by Crippen LogP contribution is -2.39. The Morgan fingerprint density at radius 3 is 2.62 bits per heavy atom. The average molecular weight is 393 g/mol.